The topological polar surface area (TPSA) is 104 Å². The van der Waals surface area contributed by atoms with Crippen molar-refractivity contribution in [1.29, 1.82) is 0 Å². The number of thiophene rings is 2. The molecule has 0 unspecified atom stereocenters. The van der Waals surface area contributed by atoms with Gasteiger partial charge < -0.3 is 20.0 Å². The van der Waals surface area contributed by atoms with E-state index >= 15 is 0 Å². The van der Waals surface area contributed by atoms with Crippen LogP contribution in [0, 0.1) is 0 Å². The van der Waals surface area contributed by atoms with Gasteiger partial charge in [-0.1, -0.05) is 18.2 Å². The maximum absolute atomic E-state index is 12.4. The van der Waals surface area contributed by atoms with Crippen molar-refractivity contribution in [3.05, 3.63) is 63.9 Å². The molecule has 0 fully saturated rings. The first-order valence-electron chi connectivity index (χ1n) is 8.67. The second-order valence-corrected chi connectivity index (χ2v) is 8.50. The minimum Gasteiger partial charge on any atom is -0.451 e. The molecule has 0 saturated heterocycles. The molecule has 2 aromatic carbocycles. The Hall–Kier alpha value is -3.43. The average Bonchev–Trinajstić information content (AvgIpc) is 3.37. The summed E-state index contributed by atoms with van der Waals surface area (Å²) < 4.78 is 8.42. The summed E-state index contributed by atoms with van der Waals surface area (Å²) in [6.45, 7) is -0.396. The lowest BCUT2D eigenvalue weighted by atomic mass is 10.2. The van der Waals surface area contributed by atoms with E-state index in [1.54, 1.807) is 35.6 Å². The Morgan fingerprint density at radius 2 is 1.79 bits per heavy atom. The SMILES string of the molecule is O=C(COC(=O)c1cc2sc3ccccc3c2s1)Nc1ccc2[nH]c(=O)[nH]c2c1. The minimum absolute atomic E-state index is 0.318. The molecule has 3 heterocycles. The number of aromatic nitrogens is 2. The molecule has 144 valence electrons. The Kier molecular flexibility index (Phi) is 4.18. The molecular weight excluding hydrogens is 410 g/mol. The van der Waals surface area contributed by atoms with Crippen molar-refractivity contribution in [2.45, 2.75) is 0 Å². The van der Waals surface area contributed by atoms with Crippen LogP contribution in [0.1, 0.15) is 9.67 Å². The number of anilines is 1. The summed E-state index contributed by atoms with van der Waals surface area (Å²) in [7, 11) is 0. The minimum atomic E-state index is -0.525. The van der Waals surface area contributed by atoms with Crippen LogP contribution in [0.4, 0.5) is 5.69 Å². The van der Waals surface area contributed by atoms with E-state index in [4.69, 9.17) is 4.74 Å². The highest BCUT2D eigenvalue weighted by molar-refractivity contribution is 7.33. The fraction of sp³-hybridized carbons (Fsp3) is 0.0500. The molecule has 0 atom stereocenters. The molecule has 0 bridgehead atoms. The second kappa shape index (κ2) is 6.87. The molecule has 5 rings (SSSR count). The van der Waals surface area contributed by atoms with Crippen LogP contribution in [0.25, 0.3) is 30.5 Å². The molecule has 3 N–H and O–H groups in total. The van der Waals surface area contributed by atoms with E-state index in [1.807, 2.05) is 18.2 Å². The number of carbonyl (C=O) groups is 2. The summed E-state index contributed by atoms with van der Waals surface area (Å²) in [5.41, 5.74) is 1.40. The number of esters is 1. The van der Waals surface area contributed by atoms with Crippen LogP contribution in [0.15, 0.2) is 53.3 Å². The van der Waals surface area contributed by atoms with Gasteiger partial charge in [0.05, 0.1) is 15.7 Å². The molecule has 0 spiro atoms. The zero-order valence-corrected chi connectivity index (χ0v) is 16.4. The van der Waals surface area contributed by atoms with Crippen molar-refractivity contribution >= 4 is 70.8 Å². The number of fused-ring (bicyclic) bond motifs is 4. The number of ether oxygens (including phenoxy) is 1. The zero-order chi connectivity index (χ0) is 20.0. The third-order valence-electron chi connectivity index (χ3n) is 4.38. The van der Waals surface area contributed by atoms with Crippen molar-refractivity contribution in [2.24, 2.45) is 0 Å². The summed E-state index contributed by atoms with van der Waals surface area (Å²) in [4.78, 5) is 41.5. The van der Waals surface area contributed by atoms with Gasteiger partial charge in [-0.05, 0) is 30.3 Å². The standard InChI is InChI=1S/C20H13N3O4S2/c24-17(21-10-5-6-12-13(7-10)23-20(26)22-12)9-27-19(25)16-8-15-18(29-16)11-3-1-2-4-14(11)28-15/h1-8H,9H2,(H,21,24)(H2,22,23,26). The van der Waals surface area contributed by atoms with Gasteiger partial charge in [0.25, 0.3) is 5.91 Å². The Morgan fingerprint density at radius 3 is 2.69 bits per heavy atom. The molecule has 5 aromatic rings. The second-order valence-electron chi connectivity index (χ2n) is 6.37. The van der Waals surface area contributed by atoms with Gasteiger partial charge in [0.1, 0.15) is 4.88 Å². The third-order valence-corrected chi connectivity index (χ3v) is 6.78. The van der Waals surface area contributed by atoms with Crippen molar-refractivity contribution < 1.29 is 14.3 Å². The van der Waals surface area contributed by atoms with Crippen LogP contribution in [0.5, 0.6) is 0 Å². The van der Waals surface area contributed by atoms with Crippen LogP contribution in [-0.2, 0) is 9.53 Å². The Balaban J connectivity index is 1.26. The smallest absolute Gasteiger partial charge is 0.348 e. The number of imidazole rings is 1. The maximum Gasteiger partial charge on any atom is 0.348 e. The first kappa shape index (κ1) is 17.7. The predicted molar refractivity (Wildman–Crippen MR) is 115 cm³/mol. The molecule has 29 heavy (non-hydrogen) atoms. The fourth-order valence-corrected chi connectivity index (χ4v) is 5.53. The van der Waals surface area contributed by atoms with Gasteiger partial charge in [-0.15, -0.1) is 22.7 Å². The largest absolute Gasteiger partial charge is 0.451 e. The molecule has 1 amide bonds. The van der Waals surface area contributed by atoms with E-state index in [0.717, 1.165) is 14.8 Å². The first-order chi connectivity index (χ1) is 14.1. The number of amides is 1. The molecular formula is C20H13N3O4S2. The predicted octanol–water partition coefficient (Wildman–Crippen LogP) is 4.08. The Morgan fingerprint density at radius 1 is 0.966 bits per heavy atom. The molecule has 9 heteroatoms. The number of rotatable bonds is 4. The van der Waals surface area contributed by atoms with Crippen molar-refractivity contribution in [1.82, 2.24) is 9.97 Å². The van der Waals surface area contributed by atoms with Gasteiger partial charge in [-0.3, -0.25) is 4.79 Å². The molecule has 0 aliphatic heterocycles. The highest BCUT2D eigenvalue weighted by Gasteiger charge is 2.16. The lowest BCUT2D eigenvalue weighted by Gasteiger charge is -2.06. The van der Waals surface area contributed by atoms with Crippen molar-refractivity contribution in [2.75, 3.05) is 11.9 Å². The van der Waals surface area contributed by atoms with Crippen LogP contribution in [0.2, 0.25) is 0 Å². The number of nitrogens with one attached hydrogen (secondary N) is 3. The molecule has 0 aliphatic rings. The van der Waals surface area contributed by atoms with E-state index in [0.29, 0.717) is 21.6 Å². The van der Waals surface area contributed by atoms with Crippen LogP contribution in [-0.4, -0.2) is 28.5 Å². The summed E-state index contributed by atoms with van der Waals surface area (Å²) >= 11 is 2.99. The third kappa shape index (κ3) is 3.30. The zero-order valence-electron chi connectivity index (χ0n) is 14.8. The molecule has 0 radical (unpaired) electrons. The molecule has 3 aromatic heterocycles. The van der Waals surface area contributed by atoms with Gasteiger partial charge >= 0.3 is 11.7 Å². The number of aromatic amines is 2. The van der Waals surface area contributed by atoms with Crippen LogP contribution in [0.3, 0.4) is 0 Å². The summed E-state index contributed by atoms with van der Waals surface area (Å²) in [6, 6.07) is 14.8. The van der Waals surface area contributed by atoms with E-state index < -0.39 is 18.5 Å². The van der Waals surface area contributed by atoms with Crippen molar-refractivity contribution in [3.63, 3.8) is 0 Å². The van der Waals surface area contributed by atoms with Gasteiger partial charge in [0.2, 0.25) is 0 Å². The Labute approximate surface area is 170 Å². The molecule has 7 nitrogen and oxygen atoms in total. The van der Waals surface area contributed by atoms with Gasteiger partial charge in [-0.25, -0.2) is 9.59 Å². The first-order valence-corrected chi connectivity index (χ1v) is 10.3. The summed E-state index contributed by atoms with van der Waals surface area (Å²) in [5, 5.41) is 3.77. The van der Waals surface area contributed by atoms with Crippen LogP contribution >= 0.6 is 22.7 Å². The van der Waals surface area contributed by atoms with Gasteiger partial charge in [-0.2, -0.15) is 0 Å². The highest BCUT2D eigenvalue weighted by Crippen LogP contribution is 2.39. The Bertz CT molecular complexity index is 1460. The summed E-state index contributed by atoms with van der Waals surface area (Å²) in [6.07, 6.45) is 0. The quantitative estimate of drug-likeness (QED) is 0.379. The fourth-order valence-electron chi connectivity index (χ4n) is 3.11. The maximum atomic E-state index is 12.4. The number of hydrogen-bond acceptors (Lipinski definition) is 6. The molecule has 0 saturated carbocycles. The van der Waals surface area contributed by atoms with E-state index in [9.17, 15) is 14.4 Å². The average molecular weight is 423 g/mol. The van der Waals surface area contributed by atoms with Crippen molar-refractivity contribution in [3.8, 4) is 0 Å². The highest BCUT2D eigenvalue weighted by atomic mass is 32.1. The lowest BCUT2D eigenvalue weighted by molar-refractivity contribution is -0.119. The lowest BCUT2D eigenvalue weighted by Crippen LogP contribution is -2.20. The number of benzene rings is 2. The summed E-state index contributed by atoms with van der Waals surface area (Å²) in [5.74, 6) is -0.984. The number of carbonyl (C=O) groups excluding carboxylic acids is 2. The van der Waals surface area contributed by atoms with Gasteiger partial charge in [0, 0.05) is 20.5 Å². The van der Waals surface area contributed by atoms with E-state index in [-0.39, 0.29) is 5.69 Å². The van der Waals surface area contributed by atoms with Gasteiger partial charge in [0.15, 0.2) is 6.61 Å². The van der Waals surface area contributed by atoms with E-state index in [1.165, 1.54) is 16.0 Å². The van der Waals surface area contributed by atoms with E-state index in [2.05, 4.69) is 21.4 Å². The molecule has 0 aliphatic carbocycles. The monoisotopic (exact) mass is 423 g/mol. The van der Waals surface area contributed by atoms with Crippen LogP contribution < -0.4 is 11.0 Å². The number of hydrogen-bond donors (Lipinski definition) is 3. The number of H-pyrrole nitrogens is 2. The normalized spacial score (nSPS) is 11.3.